The van der Waals surface area contributed by atoms with Crippen LogP contribution in [0.1, 0.15) is 21.4 Å². The number of aryl methyl sites for hydroxylation is 1. The number of anilines is 2. The number of ether oxygens (including phenoxy) is 1. The van der Waals surface area contributed by atoms with E-state index in [0.29, 0.717) is 18.1 Å². The standard InChI is InChI=1S/C16H17ClN6O2/c1-4-23-13-9(7-21-23)6-20-15(14(13)25-3)22-11-5-12(17)19-8-10(11)16(24)18-2/h5-8H,4H2,1-3H3,(H,18,24)(H,19,20,22)/i2D3. The predicted molar refractivity (Wildman–Crippen MR) is 95.7 cm³/mol. The summed E-state index contributed by atoms with van der Waals surface area (Å²) in [5.41, 5.74) is 0.957. The van der Waals surface area contributed by atoms with E-state index >= 15 is 0 Å². The molecule has 0 spiro atoms. The lowest BCUT2D eigenvalue weighted by molar-refractivity contribution is 0.0963. The van der Waals surface area contributed by atoms with Crippen LogP contribution in [0, 0.1) is 0 Å². The first-order valence-corrected chi connectivity index (χ1v) is 7.75. The van der Waals surface area contributed by atoms with Gasteiger partial charge in [-0.2, -0.15) is 5.10 Å². The van der Waals surface area contributed by atoms with Gasteiger partial charge < -0.3 is 15.4 Å². The number of amides is 1. The Morgan fingerprint density at radius 3 is 2.96 bits per heavy atom. The molecule has 0 saturated heterocycles. The summed E-state index contributed by atoms with van der Waals surface area (Å²) in [6.45, 7) is -0.0770. The minimum absolute atomic E-state index is 0.00604. The average molecular weight is 364 g/mol. The van der Waals surface area contributed by atoms with E-state index in [4.69, 9.17) is 20.5 Å². The van der Waals surface area contributed by atoms with Crippen molar-refractivity contribution in [3.8, 4) is 5.75 Å². The lowest BCUT2D eigenvalue weighted by Gasteiger charge is -2.14. The van der Waals surface area contributed by atoms with E-state index in [-0.39, 0.29) is 16.4 Å². The summed E-state index contributed by atoms with van der Waals surface area (Å²) in [7, 11) is 1.50. The molecule has 0 unspecified atom stereocenters. The van der Waals surface area contributed by atoms with Crippen molar-refractivity contribution >= 4 is 39.9 Å². The van der Waals surface area contributed by atoms with Crippen molar-refractivity contribution in [1.29, 1.82) is 0 Å². The smallest absolute Gasteiger partial charge is 0.254 e. The molecular formula is C16H17ClN6O2. The van der Waals surface area contributed by atoms with E-state index in [2.05, 4.69) is 20.4 Å². The van der Waals surface area contributed by atoms with E-state index in [9.17, 15) is 4.79 Å². The molecule has 0 bridgehead atoms. The normalized spacial score (nSPS) is 13.0. The summed E-state index contributed by atoms with van der Waals surface area (Å²) in [5, 5.41) is 10.1. The summed E-state index contributed by atoms with van der Waals surface area (Å²) >= 11 is 5.96. The van der Waals surface area contributed by atoms with Crippen LogP contribution >= 0.6 is 11.6 Å². The molecule has 0 fully saturated rings. The quantitative estimate of drug-likeness (QED) is 0.677. The molecule has 9 heteroatoms. The monoisotopic (exact) mass is 363 g/mol. The van der Waals surface area contributed by atoms with E-state index in [0.717, 1.165) is 10.9 Å². The molecule has 0 radical (unpaired) electrons. The first kappa shape index (κ1) is 13.4. The number of rotatable bonds is 5. The Kier molecular flexibility index (Phi) is 3.73. The highest BCUT2D eigenvalue weighted by Crippen LogP contribution is 2.34. The van der Waals surface area contributed by atoms with Crippen molar-refractivity contribution < 1.29 is 13.6 Å². The van der Waals surface area contributed by atoms with Crippen molar-refractivity contribution in [2.45, 2.75) is 13.5 Å². The number of aromatic nitrogens is 4. The number of hydrogen-bond acceptors (Lipinski definition) is 6. The van der Waals surface area contributed by atoms with Crippen molar-refractivity contribution in [2.24, 2.45) is 0 Å². The molecule has 3 aromatic rings. The van der Waals surface area contributed by atoms with Gasteiger partial charge in [0.25, 0.3) is 5.91 Å². The average Bonchev–Trinajstić information content (AvgIpc) is 3.03. The molecule has 8 nitrogen and oxygen atoms in total. The molecule has 0 aliphatic rings. The van der Waals surface area contributed by atoms with Crippen LogP contribution in [0.2, 0.25) is 5.15 Å². The van der Waals surface area contributed by atoms with Gasteiger partial charge in [-0.15, -0.1) is 0 Å². The van der Waals surface area contributed by atoms with Gasteiger partial charge in [-0.05, 0) is 13.0 Å². The summed E-state index contributed by atoms with van der Waals surface area (Å²) in [4.78, 5) is 20.5. The topological polar surface area (TPSA) is 94.0 Å². The highest BCUT2D eigenvalue weighted by molar-refractivity contribution is 6.29. The highest BCUT2D eigenvalue weighted by atomic mass is 35.5. The summed E-state index contributed by atoms with van der Waals surface area (Å²) in [6, 6.07) is 1.40. The largest absolute Gasteiger partial charge is 0.491 e. The molecule has 0 aliphatic heterocycles. The first-order chi connectivity index (χ1) is 13.2. The Morgan fingerprint density at radius 2 is 2.24 bits per heavy atom. The number of halogens is 1. The third-order valence-corrected chi connectivity index (χ3v) is 3.82. The number of carbonyl (C=O) groups excluding carboxylic acids is 1. The number of hydrogen-bond donors (Lipinski definition) is 2. The van der Waals surface area contributed by atoms with Crippen molar-refractivity contribution in [2.75, 3.05) is 19.4 Å². The third-order valence-electron chi connectivity index (χ3n) is 3.62. The number of fused-ring (bicyclic) bond motifs is 1. The third kappa shape index (κ3) is 3.08. The first-order valence-electron chi connectivity index (χ1n) is 8.87. The van der Waals surface area contributed by atoms with Gasteiger partial charge in [0.15, 0.2) is 11.6 Å². The molecule has 3 heterocycles. The van der Waals surface area contributed by atoms with Gasteiger partial charge in [0.1, 0.15) is 10.7 Å². The molecular weight excluding hydrogens is 344 g/mol. The van der Waals surface area contributed by atoms with Crippen LogP contribution in [0.25, 0.3) is 10.9 Å². The fourth-order valence-corrected chi connectivity index (χ4v) is 2.64. The molecule has 2 N–H and O–H groups in total. The molecule has 0 atom stereocenters. The lowest BCUT2D eigenvalue weighted by atomic mass is 10.2. The summed E-state index contributed by atoms with van der Waals surface area (Å²) < 4.78 is 28.9. The second-order valence-electron chi connectivity index (χ2n) is 5.04. The molecule has 0 saturated carbocycles. The zero-order chi connectivity index (χ0) is 20.5. The van der Waals surface area contributed by atoms with E-state index in [1.54, 1.807) is 17.1 Å². The zero-order valence-electron chi connectivity index (χ0n) is 16.5. The van der Waals surface area contributed by atoms with Gasteiger partial charge in [-0.25, -0.2) is 9.97 Å². The maximum atomic E-state index is 12.3. The van der Waals surface area contributed by atoms with Gasteiger partial charge in [0.2, 0.25) is 0 Å². The van der Waals surface area contributed by atoms with Crippen LogP contribution in [-0.2, 0) is 6.54 Å². The number of pyridine rings is 2. The number of carbonyl (C=O) groups is 1. The van der Waals surface area contributed by atoms with Gasteiger partial charge in [-0.1, -0.05) is 11.6 Å². The van der Waals surface area contributed by atoms with E-state index in [1.165, 1.54) is 19.4 Å². The molecule has 130 valence electrons. The van der Waals surface area contributed by atoms with Crippen molar-refractivity contribution in [1.82, 2.24) is 25.1 Å². The number of nitrogens with one attached hydrogen (secondary N) is 2. The summed E-state index contributed by atoms with van der Waals surface area (Å²) in [6.07, 6.45) is 4.48. The molecule has 0 aliphatic carbocycles. The molecule has 1 amide bonds. The maximum Gasteiger partial charge on any atom is 0.254 e. The molecule has 0 aromatic carbocycles. The Labute approximate surface area is 153 Å². The van der Waals surface area contributed by atoms with E-state index < -0.39 is 12.9 Å². The Morgan fingerprint density at radius 1 is 1.40 bits per heavy atom. The Balaban J connectivity index is 2.06. The number of nitrogens with zero attached hydrogens (tertiary/aromatic N) is 4. The van der Waals surface area contributed by atoms with Gasteiger partial charge in [0.05, 0.1) is 24.6 Å². The minimum atomic E-state index is -2.64. The van der Waals surface area contributed by atoms with Gasteiger partial charge in [-0.3, -0.25) is 9.48 Å². The van der Waals surface area contributed by atoms with Gasteiger partial charge >= 0.3 is 0 Å². The lowest BCUT2D eigenvalue weighted by Crippen LogP contribution is -2.19. The second kappa shape index (κ2) is 6.94. The van der Waals surface area contributed by atoms with Crippen LogP contribution < -0.4 is 15.4 Å². The van der Waals surface area contributed by atoms with Gasteiger partial charge in [0, 0.05) is 35.4 Å². The van der Waals surface area contributed by atoms with Crippen molar-refractivity contribution in [3.63, 3.8) is 0 Å². The highest BCUT2D eigenvalue weighted by Gasteiger charge is 2.18. The fraction of sp³-hybridized carbons (Fsp3) is 0.250. The zero-order valence-corrected chi connectivity index (χ0v) is 14.3. The predicted octanol–water partition coefficient (Wildman–Crippen LogP) is 2.61. The van der Waals surface area contributed by atoms with Crippen LogP contribution in [0.3, 0.4) is 0 Å². The minimum Gasteiger partial charge on any atom is -0.491 e. The molecule has 3 aromatic heterocycles. The molecule has 25 heavy (non-hydrogen) atoms. The Hall–Kier alpha value is -2.87. The maximum absolute atomic E-state index is 12.3. The van der Waals surface area contributed by atoms with Crippen LogP contribution in [0.4, 0.5) is 11.5 Å². The van der Waals surface area contributed by atoms with Crippen molar-refractivity contribution in [3.05, 3.63) is 35.4 Å². The molecule has 3 rings (SSSR count). The summed E-state index contributed by atoms with van der Waals surface area (Å²) in [5.74, 6) is -0.0901. The SMILES string of the molecule is [2H]C([2H])([2H])NC(=O)c1cnc(Cl)cc1Nc1ncc2cnn(CC)c2c1OC. The van der Waals surface area contributed by atoms with Crippen LogP contribution in [-0.4, -0.2) is 39.7 Å². The number of methoxy groups -OCH3 is 1. The van der Waals surface area contributed by atoms with E-state index in [1.807, 2.05) is 12.2 Å². The van der Waals surface area contributed by atoms with Crippen LogP contribution in [0.5, 0.6) is 5.75 Å². The Bertz CT molecular complexity index is 1040. The second-order valence-corrected chi connectivity index (χ2v) is 5.42. The fourth-order valence-electron chi connectivity index (χ4n) is 2.48. The van der Waals surface area contributed by atoms with Crippen LogP contribution in [0.15, 0.2) is 24.7 Å².